The number of nitrogens with zero attached hydrogens (tertiary/aromatic N) is 4. The highest BCUT2D eigenvalue weighted by Gasteiger charge is 2.36. The van der Waals surface area contributed by atoms with Gasteiger partial charge in [-0.25, -0.2) is 0 Å². The lowest BCUT2D eigenvalue weighted by Gasteiger charge is -2.26. The SMILES string of the molecule is CCO/N=C/c1ccc2c(c1)CCC(CCCCN1CCN(c3ccncc3)S1(=O)=O)O2. The van der Waals surface area contributed by atoms with E-state index < -0.39 is 10.2 Å². The van der Waals surface area contributed by atoms with Crippen LogP contribution in [-0.4, -0.2) is 56.3 Å². The van der Waals surface area contributed by atoms with Crippen LogP contribution in [0.3, 0.4) is 0 Å². The molecule has 0 saturated carbocycles. The van der Waals surface area contributed by atoms with Gasteiger partial charge in [0.05, 0.1) is 18.0 Å². The van der Waals surface area contributed by atoms with E-state index in [1.54, 1.807) is 35.0 Å². The van der Waals surface area contributed by atoms with Gasteiger partial charge in [0.15, 0.2) is 0 Å². The van der Waals surface area contributed by atoms with E-state index in [0.29, 0.717) is 31.9 Å². The smallest absolute Gasteiger partial charge is 0.304 e. The molecule has 2 aliphatic heterocycles. The topological polar surface area (TPSA) is 84.3 Å². The summed E-state index contributed by atoms with van der Waals surface area (Å²) in [5, 5.41) is 3.92. The number of oxime groups is 1. The molecule has 9 heteroatoms. The molecule has 3 heterocycles. The van der Waals surface area contributed by atoms with Gasteiger partial charge in [0.1, 0.15) is 12.4 Å². The van der Waals surface area contributed by atoms with Gasteiger partial charge in [0.2, 0.25) is 0 Å². The molecule has 32 heavy (non-hydrogen) atoms. The highest BCUT2D eigenvalue weighted by atomic mass is 32.2. The van der Waals surface area contributed by atoms with Crippen molar-refractivity contribution in [3.8, 4) is 5.75 Å². The summed E-state index contributed by atoms with van der Waals surface area (Å²) < 4.78 is 34.9. The summed E-state index contributed by atoms with van der Waals surface area (Å²) in [6, 6.07) is 9.54. The molecule has 1 unspecified atom stereocenters. The Morgan fingerprint density at radius 3 is 2.88 bits per heavy atom. The molecular weight excluding hydrogens is 428 g/mol. The zero-order chi connectivity index (χ0) is 22.4. The second kappa shape index (κ2) is 10.3. The lowest BCUT2D eigenvalue weighted by atomic mass is 9.97. The van der Waals surface area contributed by atoms with Crippen LogP contribution in [0, 0.1) is 0 Å². The van der Waals surface area contributed by atoms with Crippen molar-refractivity contribution in [1.29, 1.82) is 0 Å². The molecule has 2 aromatic rings. The minimum absolute atomic E-state index is 0.175. The van der Waals surface area contributed by atoms with Crippen LogP contribution in [-0.2, 0) is 21.5 Å². The molecule has 1 saturated heterocycles. The highest BCUT2D eigenvalue weighted by molar-refractivity contribution is 7.90. The van der Waals surface area contributed by atoms with Crippen LogP contribution in [0.25, 0.3) is 0 Å². The Bertz CT molecular complexity index is 1030. The molecule has 1 fully saturated rings. The predicted octanol–water partition coefficient (Wildman–Crippen LogP) is 3.38. The zero-order valence-electron chi connectivity index (χ0n) is 18.4. The van der Waals surface area contributed by atoms with Crippen LogP contribution in [0.2, 0.25) is 0 Å². The normalized spacial score (nSPS) is 20.3. The van der Waals surface area contributed by atoms with Crippen molar-refractivity contribution in [2.75, 3.05) is 30.5 Å². The lowest BCUT2D eigenvalue weighted by Crippen LogP contribution is -2.33. The number of unbranched alkanes of at least 4 members (excludes halogenated alkanes) is 1. The molecule has 0 radical (unpaired) electrons. The van der Waals surface area contributed by atoms with E-state index in [4.69, 9.17) is 9.57 Å². The molecule has 2 aliphatic rings. The van der Waals surface area contributed by atoms with E-state index in [2.05, 4.69) is 16.2 Å². The van der Waals surface area contributed by atoms with E-state index in [0.717, 1.165) is 43.4 Å². The van der Waals surface area contributed by atoms with Crippen molar-refractivity contribution >= 4 is 22.1 Å². The molecule has 1 atom stereocenters. The molecule has 4 rings (SSSR count). The summed E-state index contributed by atoms with van der Waals surface area (Å²) in [4.78, 5) is 8.99. The van der Waals surface area contributed by atoms with Crippen molar-refractivity contribution < 1.29 is 18.0 Å². The average Bonchev–Trinajstić information content (AvgIpc) is 3.11. The third-order valence-corrected chi connectivity index (χ3v) is 7.78. The summed E-state index contributed by atoms with van der Waals surface area (Å²) in [7, 11) is -3.45. The number of aryl methyl sites for hydroxylation is 1. The van der Waals surface area contributed by atoms with Crippen molar-refractivity contribution in [1.82, 2.24) is 9.29 Å². The number of aromatic nitrogens is 1. The van der Waals surface area contributed by atoms with Gasteiger partial charge in [-0.15, -0.1) is 0 Å². The molecule has 0 aliphatic carbocycles. The average molecular weight is 459 g/mol. The minimum atomic E-state index is -3.45. The van der Waals surface area contributed by atoms with Gasteiger partial charge < -0.3 is 9.57 Å². The first-order valence-electron chi connectivity index (χ1n) is 11.2. The van der Waals surface area contributed by atoms with Crippen LogP contribution in [0.4, 0.5) is 5.69 Å². The lowest BCUT2D eigenvalue weighted by molar-refractivity contribution is 0.159. The fraction of sp³-hybridized carbons (Fsp3) is 0.478. The van der Waals surface area contributed by atoms with Crippen LogP contribution in [0.15, 0.2) is 47.9 Å². The number of anilines is 1. The summed E-state index contributed by atoms with van der Waals surface area (Å²) in [6.45, 7) is 3.99. The molecule has 0 amide bonds. The van der Waals surface area contributed by atoms with Gasteiger partial charge in [-0.2, -0.15) is 12.7 Å². The Balaban J connectivity index is 1.23. The van der Waals surface area contributed by atoms with E-state index in [9.17, 15) is 8.42 Å². The molecule has 1 aromatic carbocycles. The fourth-order valence-electron chi connectivity index (χ4n) is 4.15. The first kappa shape index (κ1) is 22.5. The summed E-state index contributed by atoms with van der Waals surface area (Å²) in [6.07, 6.45) is 9.75. The molecule has 8 nitrogen and oxygen atoms in total. The highest BCUT2D eigenvalue weighted by Crippen LogP contribution is 2.30. The number of rotatable bonds is 9. The first-order chi connectivity index (χ1) is 15.6. The predicted molar refractivity (Wildman–Crippen MR) is 124 cm³/mol. The van der Waals surface area contributed by atoms with Gasteiger partial charge in [0.25, 0.3) is 0 Å². The van der Waals surface area contributed by atoms with Gasteiger partial charge in [-0.1, -0.05) is 5.16 Å². The largest absolute Gasteiger partial charge is 0.490 e. The molecule has 0 bridgehead atoms. The monoisotopic (exact) mass is 458 g/mol. The third kappa shape index (κ3) is 5.21. The Morgan fingerprint density at radius 1 is 1.22 bits per heavy atom. The second-order valence-electron chi connectivity index (χ2n) is 7.98. The first-order valence-corrected chi connectivity index (χ1v) is 12.6. The number of fused-ring (bicyclic) bond motifs is 1. The van der Waals surface area contributed by atoms with Crippen LogP contribution < -0.4 is 9.04 Å². The molecular formula is C23H30N4O4S. The van der Waals surface area contributed by atoms with Crippen LogP contribution >= 0.6 is 0 Å². The van der Waals surface area contributed by atoms with Crippen molar-refractivity contribution in [2.45, 2.75) is 45.1 Å². The van der Waals surface area contributed by atoms with Gasteiger partial charge >= 0.3 is 10.2 Å². The Kier molecular flexibility index (Phi) is 7.26. The number of hydrogen-bond acceptors (Lipinski definition) is 6. The Morgan fingerprint density at radius 2 is 2.06 bits per heavy atom. The summed E-state index contributed by atoms with van der Waals surface area (Å²) in [5.74, 6) is 0.935. The zero-order valence-corrected chi connectivity index (χ0v) is 19.2. The van der Waals surface area contributed by atoms with E-state index in [1.165, 1.54) is 9.87 Å². The number of hydrogen-bond donors (Lipinski definition) is 0. The Hall–Kier alpha value is -2.65. The molecule has 1 aromatic heterocycles. The number of ether oxygens (including phenoxy) is 1. The van der Waals surface area contributed by atoms with E-state index in [1.807, 2.05) is 19.1 Å². The van der Waals surface area contributed by atoms with Gasteiger partial charge in [-0.05, 0) is 80.5 Å². The number of pyridine rings is 1. The van der Waals surface area contributed by atoms with Gasteiger partial charge in [0, 0.05) is 32.0 Å². The molecule has 0 N–H and O–H groups in total. The van der Waals surface area contributed by atoms with E-state index >= 15 is 0 Å². The minimum Gasteiger partial charge on any atom is -0.490 e. The fourth-order valence-corrected chi connectivity index (χ4v) is 5.80. The second-order valence-corrected chi connectivity index (χ2v) is 9.83. The maximum absolute atomic E-state index is 12.8. The van der Waals surface area contributed by atoms with Crippen molar-refractivity contribution in [3.05, 3.63) is 53.9 Å². The van der Waals surface area contributed by atoms with E-state index in [-0.39, 0.29) is 6.10 Å². The molecule has 172 valence electrons. The summed E-state index contributed by atoms with van der Waals surface area (Å²) >= 11 is 0. The van der Waals surface area contributed by atoms with Crippen LogP contribution in [0.5, 0.6) is 5.75 Å². The van der Waals surface area contributed by atoms with Gasteiger partial charge in [-0.3, -0.25) is 9.29 Å². The van der Waals surface area contributed by atoms with Crippen molar-refractivity contribution in [2.24, 2.45) is 5.16 Å². The van der Waals surface area contributed by atoms with Crippen molar-refractivity contribution in [3.63, 3.8) is 0 Å². The third-order valence-electron chi connectivity index (χ3n) is 5.81. The van der Waals surface area contributed by atoms with Crippen LogP contribution in [0.1, 0.15) is 43.7 Å². The summed E-state index contributed by atoms with van der Waals surface area (Å²) in [5.41, 5.74) is 2.87. The Labute approximate surface area is 190 Å². The quantitative estimate of drug-likeness (QED) is 0.327. The standard InChI is InChI=1S/C23H30N4O4S/c1-2-30-25-18-19-6-9-23-20(17-19)7-8-22(31-23)5-3-4-14-26-15-16-27(32(26,28)29)21-10-12-24-13-11-21/h6,9-13,17-18,22H,2-5,7-8,14-16H2,1H3/b25-18+. The maximum atomic E-state index is 12.8. The maximum Gasteiger partial charge on any atom is 0.304 e. The number of benzene rings is 1. The molecule has 0 spiro atoms.